The van der Waals surface area contributed by atoms with E-state index in [4.69, 9.17) is 0 Å². The van der Waals surface area contributed by atoms with Gasteiger partial charge in [0.25, 0.3) is 0 Å². The number of hydrogen-bond donors (Lipinski definition) is 1. The van der Waals surface area contributed by atoms with E-state index in [0.717, 1.165) is 6.04 Å². The van der Waals surface area contributed by atoms with E-state index in [9.17, 15) is 0 Å². The maximum atomic E-state index is 2.27. The zero-order valence-corrected chi connectivity index (χ0v) is 7.03. The Morgan fingerprint density at radius 1 is 1.29 bits per heavy atom. The summed E-state index contributed by atoms with van der Waals surface area (Å²) in [6.45, 7) is 7.36. The highest BCUT2D eigenvalue weighted by Gasteiger charge is 2.25. The van der Waals surface area contributed by atoms with Gasteiger partial charge in [-0.3, -0.25) is 0 Å². The van der Waals surface area contributed by atoms with Crippen LogP contribution in [0, 0.1) is 0 Å². The summed E-state index contributed by atoms with van der Waals surface area (Å²) >= 11 is 0. The molecule has 1 N–H and O–H groups in total. The monoisotopic (exact) mass is 213 g/mol. The summed E-state index contributed by atoms with van der Waals surface area (Å²) in [6.07, 6.45) is 0. The zero-order valence-electron chi connectivity index (χ0n) is 4.87. The number of nitrogens with one attached hydrogen (secondary N) is 1. The topological polar surface area (TPSA) is 4.44 Å². The van der Waals surface area contributed by atoms with Crippen molar-refractivity contribution in [2.45, 2.75) is 19.9 Å². The van der Waals surface area contributed by atoms with Crippen LogP contribution in [0.15, 0.2) is 0 Å². The normalized spacial score (nSPS) is 19.3. The van der Waals surface area contributed by atoms with Crippen LogP contribution in [0.1, 0.15) is 13.8 Å². The van der Waals surface area contributed by atoms with E-state index in [2.05, 4.69) is 13.8 Å². The predicted molar refractivity (Wildman–Crippen MR) is 25.8 cm³/mol. The highest BCUT2D eigenvalue weighted by molar-refractivity contribution is 4.44. The van der Waals surface area contributed by atoms with Crippen molar-refractivity contribution in [1.82, 2.24) is 0 Å². The van der Waals surface area contributed by atoms with Crippen LogP contribution in [0.2, 0.25) is 0 Å². The molecule has 0 aliphatic carbocycles. The van der Waals surface area contributed by atoms with Gasteiger partial charge in [0, 0.05) is 0 Å². The zero-order chi connectivity index (χ0) is 4.57. The van der Waals surface area contributed by atoms with Gasteiger partial charge < -0.3 is 28.9 Å². The van der Waals surface area contributed by atoms with Gasteiger partial charge >= 0.3 is 0 Å². The molecule has 1 nitrogen and oxygen atoms in total. The fourth-order valence-corrected chi connectivity index (χ4v) is 0.650. The number of halogens is 1. The van der Waals surface area contributed by atoms with Crippen LogP contribution in [0.25, 0.3) is 0 Å². The lowest BCUT2D eigenvalue weighted by molar-refractivity contribution is -0.784. The fraction of sp³-hybridized carbons (Fsp3) is 1.00. The van der Waals surface area contributed by atoms with Gasteiger partial charge in [0.1, 0.15) is 13.1 Å². The van der Waals surface area contributed by atoms with Gasteiger partial charge in [-0.2, -0.15) is 0 Å². The van der Waals surface area contributed by atoms with E-state index < -0.39 is 0 Å². The molecule has 1 saturated heterocycles. The first-order valence-electron chi connectivity index (χ1n) is 2.65. The summed E-state index contributed by atoms with van der Waals surface area (Å²) < 4.78 is 0. The van der Waals surface area contributed by atoms with Gasteiger partial charge in [0.2, 0.25) is 0 Å². The van der Waals surface area contributed by atoms with E-state index in [1.807, 2.05) is 0 Å². The van der Waals surface area contributed by atoms with Crippen LogP contribution in [0.3, 0.4) is 0 Å². The first kappa shape index (κ1) is 7.69. The second kappa shape index (κ2) is 2.87. The lowest BCUT2D eigenvalue weighted by Crippen LogP contribution is -3.00. The lowest BCUT2D eigenvalue weighted by Gasteiger charge is -1.96. The average molecular weight is 213 g/mol. The summed E-state index contributed by atoms with van der Waals surface area (Å²) in [5.74, 6) is 0. The standard InChI is InChI=1S/C5H11N.HI/c1-5(2)6-3-4-6;/h5H,3-4H2,1-2H3;1H. The molecule has 1 aliphatic rings. The Morgan fingerprint density at radius 3 is 1.71 bits per heavy atom. The third kappa shape index (κ3) is 2.49. The Morgan fingerprint density at radius 2 is 1.71 bits per heavy atom. The molecule has 2 heteroatoms. The molecule has 0 radical (unpaired) electrons. The summed E-state index contributed by atoms with van der Waals surface area (Å²) in [7, 11) is 0. The molecule has 0 bridgehead atoms. The Bertz CT molecular complexity index is 50.0. The third-order valence-electron chi connectivity index (χ3n) is 1.36. The molecule has 0 atom stereocenters. The summed E-state index contributed by atoms with van der Waals surface area (Å²) in [6, 6.07) is 0.880. The molecule has 0 aromatic carbocycles. The molecule has 1 rings (SSSR count). The van der Waals surface area contributed by atoms with Gasteiger partial charge in [-0.05, 0) is 13.8 Å². The minimum Gasteiger partial charge on any atom is -1.00 e. The van der Waals surface area contributed by atoms with Crippen molar-refractivity contribution in [2.75, 3.05) is 13.1 Å². The summed E-state index contributed by atoms with van der Waals surface area (Å²) in [5, 5.41) is 0. The number of quaternary nitrogens is 1. The van der Waals surface area contributed by atoms with Gasteiger partial charge in [-0.25, -0.2) is 0 Å². The van der Waals surface area contributed by atoms with Crippen LogP contribution < -0.4 is 28.9 Å². The van der Waals surface area contributed by atoms with Crippen molar-refractivity contribution in [2.24, 2.45) is 0 Å². The Kier molecular flexibility index (Phi) is 3.15. The molecule has 0 amide bonds. The Labute approximate surface area is 62.1 Å². The molecule has 44 valence electrons. The SMILES string of the molecule is CC(C)[NH+]1CC1.[I-]. The highest BCUT2D eigenvalue weighted by atomic mass is 127. The second-order valence-electron chi connectivity index (χ2n) is 2.31. The molecule has 0 aromatic rings. The van der Waals surface area contributed by atoms with E-state index in [-0.39, 0.29) is 24.0 Å². The summed E-state index contributed by atoms with van der Waals surface area (Å²) in [5.41, 5.74) is 0. The van der Waals surface area contributed by atoms with Gasteiger partial charge in [0.05, 0.1) is 6.04 Å². The molecule has 0 aromatic heterocycles. The van der Waals surface area contributed by atoms with Gasteiger partial charge in [-0.1, -0.05) is 0 Å². The van der Waals surface area contributed by atoms with Crippen molar-refractivity contribution < 1.29 is 28.9 Å². The molecule has 0 saturated carbocycles. The quantitative estimate of drug-likeness (QED) is 0.338. The Balaban J connectivity index is 0.000000360. The van der Waals surface area contributed by atoms with E-state index >= 15 is 0 Å². The Hall–Kier alpha value is 0.690. The minimum atomic E-state index is 0. The van der Waals surface area contributed by atoms with Crippen molar-refractivity contribution in [3.63, 3.8) is 0 Å². The third-order valence-corrected chi connectivity index (χ3v) is 1.36. The van der Waals surface area contributed by atoms with Crippen LogP contribution >= 0.6 is 0 Å². The predicted octanol–water partition coefficient (Wildman–Crippen LogP) is -3.70. The maximum Gasteiger partial charge on any atom is 0.127 e. The van der Waals surface area contributed by atoms with Crippen molar-refractivity contribution >= 4 is 0 Å². The molecule has 7 heavy (non-hydrogen) atoms. The van der Waals surface area contributed by atoms with E-state index in [1.54, 1.807) is 4.90 Å². The largest absolute Gasteiger partial charge is 1.00 e. The van der Waals surface area contributed by atoms with Crippen molar-refractivity contribution in [1.29, 1.82) is 0 Å². The lowest BCUT2D eigenvalue weighted by atomic mass is 10.4. The molecular weight excluding hydrogens is 201 g/mol. The molecule has 1 aliphatic heterocycles. The number of rotatable bonds is 1. The summed E-state index contributed by atoms with van der Waals surface area (Å²) in [4.78, 5) is 1.76. The molecular formula is C5H12IN. The minimum absolute atomic E-state index is 0. The first-order valence-corrected chi connectivity index (χ1v) is 2.65. The van der Waals surface area contributed by atoms with Gasteiger partial charge in [0.15, 0.2) is 0 Å². The molecule has 0 unspecified atom stereocenters. The molecule has 1 heterocycles. The fourth-order valence-electron chi connectivity index (χ4n) is 0.650. The van der Waals surface area contributed by atoms with Crippen LogP contribution in [-0.4, -0.2) is 19.1 Å². The van der Waals surface area contributed by atoms with Crippen LogP contribution in [-0.2, 0) is 0 Å². The van der Waals surface area contributed by atoms with Crippen LogP contribution in [0.4, 0.5) is 0 Å². The van der Waals surface area contributed by atoms with E-state index in [0.29, 0.717) is 0 Å². The van der Waals surface area contributed by atoms with E-state index in [1.165, 1.54) is 13.1 Å². The van der Waals surface area contributed by atoms with Crippen molar-refractivity contribution in [3.05, 3.63) is 0 Å². The van der Waals surface area contributed by atoms with Crippen molar-refractivity contribution in [3.8, 4) is 0 Å². The smallest absolute Gasteiger partial charge is 0.127 e. The first-order chi connectivity index (χ1) is 2.80. The second-order valence-corrected chi connectivity index (χ2v) is 2.31. The van der Waals surface area contributed by atoms with Gasteiger partial charge in [-0.15, -0.1) is 0 Å². The average Bonchev–Trinajstić information content (AvgIpc) is 2.06. The van der Waals surface area contributed by atoms with Crippen LogP contribution in [0.5, 0.6) is 0 Å². The maximum absolute atomic E-state index is 2.27. The number of hydrogen-bond acceptors (Lipinski definition) is 0. The highest BCUT2D eigenvalue weighted by Crippen LogP contribution is 1.73. The molecule has 0 spiro atoms. The molecule has 1 fully saturated rings.